The lowest BCUT2D eigenvalue weighted by atomic mass is 10.1. The molecule has 0 saturated carbocycles. The molecule has 0 amide bonds. The van der Waals surface area contributed by atoms with E-state index in [1.165, 1.54) is 4.90 Å². The average molecular weight is 406 g/mol. The molecule has 0 fully saturated rings. The molecule has 2 nitrogen and oxygen atoms in total. The quantitative estimate of drug-likeness (QED) is 0.406. The Labute approximate surface area is 147 Å². The first-order chi connectivity index (χ1) is 10.1. The van der Waals surface area contributed by atoms with Crippen LogP contribution >= 0.6 is 50.9 Å². The van der Waals surface area contributed by atoms with Gasteiger partial charge in [-0.2, -0.15) is 0 Å². The molecular formula is C15H15BrCl2N2S. The molecule has 21 heavy (non-hydrogen) atoms. The normalized spacial score (nSPS) is 12.4. The smallest absolute Gasteiger partial charge is 0.0453 e. The lowest BCUT2D eigenvalue weighted by Crippen LogP contribution is -2.38. The predicted molar refractivity (Wildman–Crippen MR) is 96.1 cm³/mol. The van der Waals surface area contributed by atoms with Crippen molar-refractivity contribution in [3.8, 4) is 0 Å². The van der Waals surface area contributed by atoms with Gasteiger partial charge in [0.1, 0.15) is 0 Å². The van der Waals surface area contributed by atoms with E-state index in [1.807, 2.05) is 24.3 Å². The summed E-state index contributed by atoms with van der Waals surface area (Å²) in [5, 5.41) is 1.32. The Morgan fingerprint density at radius 2 is 2.00 bits per heavy atom. The third-order valence-corrected chi connectivity index (χ3v) is 5.20. The Morgan fingerprint density at radius 3 is 2.67 bits per heavy atom. The lowest BCUT2D eigenvalue weighted by Gasteiger charge is -2.16. The Kier molecular flexibility index (Phi) is 6.86. The van der Waals surface area contributed by atoms with Crippen molar-refractivity contribution in [2.24, 2.45) is 5.84 Å². The molecule has 0 bridgehead atoms. The monoisotopic (exact) mass is 404 g/mol. The first-order valence-corrected chi connectivity index (χ1v) is 8.90. The van der Waals surface area contributed by atoms with Gasteiger partial charge in [-0.05, 0) is 42.3 Å². The average Bonchev–Trinajstić information content (AvgIpc) is 2.45. The van der Waals surface area contributed by atoms with Gasteiger partial charge in [-0.3, -0.25) is 11.3 Å². The van der Waals surface area contributed by atoms with Gasteiger partial charge in [0.15, 0.2) is 0 Å². The summed E-state index contributed by atoms with van der Waals surface area (Å²) in [5.74, 6) is 6.51. The minimum absolute atomic E-state index is 0.132. The van der Waals surface area contributed by atoms with Crippen molar-refractivity contribution in [2.45, 2.75) is 17.4 Å². The Hall–Kier alpha value is -0.230. The van der Waals surface area contributed by atoms with Crippen molar-refractivity contribution >= 4 is 50.9 Å². The minimum Gasteiger partial charge on any atom is -0.271 e. The summed E-state index contributed by atoms with van der Waals surface area (Å²) in [4.78, 5) is 1.20. The van der Waals surface area contributed by atoms with E-state index in [9.17, 15) is 0 Å². The highest BCUT2D eigenvalue weighted by Crippen LogP contribution is 2.25. The van der Waals surface area contributed by atoms with Gasteiger partial charge in [0.2, 0.25) is 0 Å². The summed E-state index contributed by atoms with van der Waals surface area (Å²) < 4.78 is 1.07. The summed E-state index contributed by atoms with van der Waals surface area (Å²) in [6.45, 7) is 0. The van der Waals surface area contributed by atoms with Crippen LogP contribution in [0, 0.1) is 0 Å². The van der Waals surface area contributed by atoms with Crippen LogP contribution in [0.4, 0.5) is 0 Å². The van der Waals surface area contributed by atoms with Gasteiger partial charge in [0.05, 0.1) is 0 Å². The molecule has 0 aliphatic heterocycles. The molecule has 3 N–H and O–H groups in total. The van der Waals surface area contributed by atoms with E-state index in [1.54, 1.807) is 17.8 Å². The van der Waals surface area contributed by atoms with E-state index in [2.05, 4.69) is 33.5 Å². The zero-order valence-corrected chi connectivity index (χ0v) is 15.1. The fourth-order valence-electron chi connectivity index (χ4n) is 1.87. The number of hydrogen-bond donors (Lipinski definition) is 2. The first kappa shape index (κ1) is 17.1. The largest absolute Gasteiger partial charge is 0.271 e. The summed E-state index contributed by atoms with van der Waals surface area (Å²) in [5.41, 5.74) is 3.89. The molecule has 0 aromatic heterocycles. The third-order valence-electron chi connectivity index (χ3n) is 2.96. The van der Waals surface area contributed by atoms with Crippen LogP contribution in [-0.4, -0.2) is 11.8 Å². The highest BCUT2D eigenvalue weighted by atomic mass is 79.9. The van der Waals surface area contributed by atoms with Crippen LogP contribution in [-0.2, 0) is 6.42 Å². The van der Waals surface area contributed by atoms with E-state index in [4.69, 9.17) is 29.0 Å². The van der Waals surface area contributed by atoms with Crippen molar-refractivity contribution in [2.75, 3.05) is 5.75 Å². The van der Waals surface area contributed by atoms with Crippen molar-refractivity contribution in [3.05, 3.63) is 62.5 Å². The second-order valence-corrected chi connectivity index (χ2v) is 7.42. The number of hydrogen-bond acceptors (Lipinski definition) is 3. The van der Waals surface area contributed by atoms with E-state index < -0.39 is 0 Å². The van der Waals surface area contributed by atoms with Crippen LogP contribution in [0.5, 0.6) is 0 Å². The molecule has 1 atom stereocenters. The zero-order chi connectivity index (χ0) is 15.2. The Balaban J connectivity index is 1.97. The van der Waals surface area contributed by atoms with Crippen molar-refractivity contribution in [1.29, 1.82) is 0 Å². The predicted octanol–water partition coefficient (Wildman–Crippen LogP) is 4.92. The Morgan fingerprint density at radius 1 is 1.19 bits per heavy atom. The number of nitrogens with one attached hydrogen (secondary N) is 1. The number of hydrazine groups is 1. The molecule has 2 rings (SSSR count). The first-order valence-electron chi connectivity index (χ1n) is 6.37. The van der Waals surface area contributed by atoms with Gasteiger partial charge in [0.25, 0.3) is 0 Å². The van der Waals surface area contributed by atoms with Gasteiger partial charge >= 0.3 is 0 Å². The van der Waals surface area contributed by atoms with Crippen molar-refractivity contribution in [1.82, 2.24) is 5.43 Å². The molecule has 0 spiro atoms. The molecule has 2 aromatic carbocycles. The number of halogens is 3. The SMILES string of the molecule is NNC(CSc1cccc(Br)c1)Cc1ccc(Cl)cc1Cl. The maximum Gasteiger partial charge on any atom is 0.0453 e. The highest BCUT2D eigenvalue weighted by molar-refractivity contribution is 9.10. The molecule has 0 aliphatic carbocycles. The standard InChI is InChI=1S/C15H15BrCl2N2S/c16-11-2-1-3-14(7-11)21-9-13(20-19)6-10-4-5-12(17)8-15(10)18/h1-5,7-8,13,20H,6,9,19H2. The number of nitrogens with two attached hydrogens (primary N) is 1. The second-order valence-electron chi connectivity index (χ2n) is 4.57. The molecule has 0 aliphatic rings. The van der Waals surface area contributed by atoms with Crippen molar-refractivity contribution < 1.29 is 0 Å². The second kappa shape index (κ2) is 8.42. The van der Waals surface area contributed by atoms with Gasteiger partial charge in [0, 0.05) is 31.2 Å². The highest BCUT2D eigenvalue weighted by Gasteiger charge is 2.11. The van der Waals surface area contributed by atoms with E-state index >= 15 is 0 Å². The fraction of sp³-hybridized carbons (Fsp3) is 0.200. The van der Waals surface area contributed by atoms with Gasteiger partial charge in [-0.1, -0.05) is 51.3 Å². The topological polar surface area (TPSA) is 38.0 Å². The third kappa shape index (κ3) is 5.47. The summed E-state index contributed by atoms with van der Waals surface area (Å²) in [6, 6.07) is 13.9. The van der Waals surface area contributed by atoms with Crippen LogP contribution in [0.15, 0.2) is 51.8 Å². The van der Waals surface area contributed by atoms with Crippen LogP contribution in [0.25, 0.3) is 0 Å². The van der Waals surface area contributed by atoms with Crippen LogP contribution < -0.4 is 11.3 Å². The van der Waals surface area contributed by atoms with Crippen LogP contribution in [0.1, 0.15) is 5.56 Å². The van der Waals surface area contributed by atoms with Gasteiger partial charge < -0.3 is 0 Å². The molecule has 0 radical (unpaired) electrons. The molecule has 1 unspecified atom stereocenters. The molecule has 112 valence electrons. The molecule has 0 heterocycles. The number of benzene rings is 2. The molecule has 0 saturated heterocycles. The summed E-state index contributed by atoms with van der Waals surface area (Å²) >= 11 is 17.3. The summed E-state index contributed by atoms with van der Waals surface area (Å²) in [7, 11) is 0. The van der Waals surface area contributed by atoms with Crippen LogP contribution in [0.2, 0.25) is 10.0 Å². The molecular weight excluding hydrogens is 391 g/mol. The van der Waals surface area contributed by atoms with Gasteiger partial charge in [-0.15, -0.1) is 11.8 Å². The summed E-state index contributed by atoms with van der Waals surface area (Å²) in [6.07, 6.45) is 0.757. The fourth-order valence-corrected chi connectivity index (χ4v) is 3.90. The van der Waals surface area contributed by atoms with E-state index in [-0.39, 0.29) is 6.04 Å². The Bertz CT molecular complexity index is 610. The van der Waals surface area contributed by atoms with Crippen LogP contribution in [0.3, 0.4) is 0 Å². The maximum atomic E-state index is 6.20. The maximum absolute atomic E-state index is 6.20. The zero-order valence-electron chi connectivity index (χ0n) is 11.2. The van der Waals surface area contributed by atoms with E-state index in [0.29, 0.717) is 10.0 Å². The van der Waals surface area contributed by atoms with Crippen molar-refractivity contribution in [3.63, 3.8) is 0 Å². The van der Waals surface area contributed by atoms with Gasteiger partial charge in [-0.25, -0.2) is 0 Å². The molecule has 2 aromatic rings. The minimum atomic E-state index is 0.132. The number of rotatable bonds is 6. The molecule has 6 heteroatoms. The number of thioether (sulfide) groups is 1. The lowest BCUT2D eigenvalue weighted by molar-refractivity contribution is 0.575. The van der Waals surface area contributed by atoms with E-state index in [0.717, 1.165) is 22.2 Å².